The lowest BCUT2D eigenvalue weighted by Gasteiger charge is -2.09. The van der Waals surface area contributed by atoms with Crippen LogP contribution in [0.2, 0.25) is 0 Å². The van der Waals surface area contributed by atoms with E-state index in [4.69, 9.17) is 0 Å². The molecule has 1 amide bonds. The van der Waals surface area contributed by atoms with Crippen molar-refractivity contribution in [2.75, 3.05) is 6.54 Å². The molecule has 3 rings (SSSR count). The van der Waals surface area contributed by atoms with Crippen LogP contribution in [0.5, 0.6) is 0 Å². The first-order chi connectivity index (χ1) is 10.7. The van der Waals surface area contributed by atoms with Crippen molar-refractivity contribution in [3.05, 3.63) is 52.9 Å². The summed E-state index contributed by atoms with van der Waals surface area (Å²) in [4.78, 5) is 19.9. The highest BCUT2D eigenvalue weighted by Crippen LogP contribution is 2.29. The third-order valence-electron chi connectivity index (χ3n) is 3.44. The van der Waals surface area contributed by atoms with Crippen LogP contribution < -0.4 is 5.32 Å². The van der Waals surface area contributed by atoms with Crippen molar-refractivity contribution in [2.24, 2.45) is 0 Å². The van der Waals surface area contributed by atoms with Crippen LogP contribution in [0.25, 0.3) is 10.1 Å². The molecule has 0 fully saturated rings. The summed E-state index contributed by atoms with van der Waals surface area (Å²) in [5.41, 5.74) is 0.417. The molecule has 0 bridgehead atoms. The summed E-state index contributed by atoms with van der Waals surface area (Å²) in [7, 11) is 0. The van der Waals surface area contributed by atoms with Crippen LogP contribution in [-0.4, -0.2) is 27.5 Å². The van der Waals surface area contributed by atoms with Gasteiger partial charge in [0, 0.05) is 22.5 Å². The molecule has 0 saturated carbocycles. The first-order valence-electron chi connectivity index (χ1n) is 7.16. The number of carbonyl (C=O) groups is 1. The standard InChI is InChI=1S/C16H17N3O2S/c1-2-15-17-8-11(19-15)16(21)18-9-12(20)14-7-10-5-3-4-6-13(10)22-14/h3-8,12,20H,2,9H2,1H3,(H,17,19)(H,18,21). The summed E-state index contributed by atoms with van der Waals surface area (Å²) >= 11 is 1.54. The van der Waals surface area contributed by atoms with Gasteiger partial charge in [-0.3, -0.25) is 4.79 Å². The van der Waals surface area contributed by atoms with E-state index < -0.39 is 6.10 Å². The molecule has 1 unspecified atom stereocenters. The van der Waals surface area contributed by atoms with Gasteiger partial charge in [-0.1, -0.05) is 25.1 Å². The molecule has 2 aromatic heterocycles. The minimum Gasteiger partial charge on any atom is -0.386 e. The zero-order valence-electron chi connectivity index (χ0n) is 12.2. The molecular formula is C16H17N3O2S. The number of aromatic nitrogens is 2. The summed E-state index contributed by atoms with van der Waals surface area (Å²) in [5.74, 6) is 0.516. The van der Waals surface area contributed by atoms with Crippen LogP contribution in [0, 0.1) is 0 Å². The van der Waals surface area contributed by atoms with Crippen LogP contribution in [0.1, 0.15) is 34.2 Å². The second-order valence-corrected chi connectivity index (χ2v) is 6.12. The average Bonchev–Trinajstić information content (AvgIpc) is 3.18. The van der Waals surface area contributed by atoms with Gasteiger partial charge < -0.3 is 15.4 Å². The minimum atomic E-state index is -0.713. The number of aliphatic hydroxyl groups excluding tert-OH is 1. The molecule has 0 aliphatic heterocycles. The molecule has 1 atom stereocenters. The van der Waals surface area contributed by atoms with Crippen molar-refractivity contribution < 1.29 is 9.90 Å². The van der Waals surface area contributed by atoms with Gasteiger partial charge in [-0.15, -0.1) is 11.3 Å². The number of carbonyl (C=O) groups excluding carboxylic acids is 1. The molecule has 1 aromatic carbocycles. The summed E-state index contributed by atoms with van der Waals surface area (Å²) < 4.78 is 1.13. The second kappa shape index (κ2) is 6.29. The molecule has 22 heavy (non-hydrogen) atoms. The fourth-order valence-electron chi connectivity index (χ4n) is 2.21. The van der Waals surface area contributed by atoms with Gasteiger partial charge in [-0.05, 0) is 17.5 Å². The van der Waals surface area contributed by atoms with Crippen LogP contribution in [0.15, 0.2) is 36.5 Å². The highest BCUT2D eigenvalue weighted by atomic mass is 32.1. The van der Waals surface area contributed by atoms with Crippen molar-refractivity contribution in [3.63, 3.8) is 0 Å². The maximum Gasteiger partial charge on any atom is 0.269 e. The first-order valence-corrected chi connectivity index (χ1v) is 7.97. The number of H-pyrrole nitrogens is 1. The maximum absolute atomic E-state index is 12.0. The Hall–Kier alpha value is -2.18. The highest BCUT2D eigenvalue weighted by molar-refractivity contribution is 7.19. The van der Waals surface area contributed by atoms with E-state index in [0.29, 0.717) is 5.69 Å². The molecule has 2 heterocycles. The van der Waals surface area contributed by atoms with Gasteiger partial charge in [0.1, 0.15) is 17.6 Å². The number of aliphatic hydroxyl groups is 1. The zero-order chi connectivity index (χ0) is 15.5. The van der Waals surface area contributed by atoms with E-state index in [-0.39, 0.29) is 12.5 Å². The Morgan fingerprint density at radius 1 is 1.45 bits per heavy atom. The molecule has 3 N–H and O–H groups in total. The third-order valence-corrected chi connectivity index (χ3v) is 4.65. The molecule has 0 aliphatic rings. The first kappa shape index (κ1) is 14.7. The number of aryl methyl sites for hydroxylation is 1. The molecule has 0 aliphatic carbocycles. The predicted molar refractivity (Wildman–Crippen MR) is 87.1 cm³/mol. The molecule has 0 radical (unpaired) electrons. The Morgan fingerprint density at radius 2 is 2.27 bits per heavy atom. The lowest BCUT2D eigenvalue weighted by molar-refractivity contribution is 0.0913. The summed E-state index contributed by atoms with van der Waals surface area (Å²) in [6.07, 6.45) is 1.55. The third kappa shape index (κ3) is 3.03. The summed E-state index contributed by atoms with van der Waals surface area (Å²) in [5, 5.41) is 14.1. The Kier molecular flexibility index (Phi) is 4.22. The Balaban J connectivity index is 1.64. The Labute approximate surface area is 132 Å². The number of aromatic amines is 1. The number of hydrogen-bond donors (Lipinski definition) is 3. The van der Waals surface area contributed by atoms with Crippen molar-refractivity contribution in [3.8, 4) is 0 Å². The van der Waals surface area contributed by atoms with E-state index >= 15 is 0 Å². The average molecular weight is 315 g/mol. The van der Waals surface area contributed by atoms with Crippen molar-refractivity contribution >= 4 is 27.3 Å². The number of nitrogens with one attached hydrogen (secondary N) is 2. The Bertz CT molecular complexity index is 760. The number of imidazole rings is 1. The van der Waals surface area contributed by atoms with Crippen molar-refractivity contribution in [1.29, 1.82) is 0 Å². The quantitative estimate of drug-likeness (QED) is 0.677. The molecular weight excluding hydrogens is 298 g/mol. The zero-order valence-corrected chi connectivity index (χ0v) is 13.0. The largest absolute Gasteiger partial charge is 0.386 e. The van der Waals surface area contributed by atoms with Crippen molar-refractivity contribution in [1.82, 2.24) is 15.3 Å². The Morgan fingerprint density at radius 3 is 3.00 bits per heavy atom. The fraction of sp³-hybridized carbons (Fsp3) is 0.250. The van der Waals surface area contributed by atoms with Crippen molar-refractivity contribution in [2.45, 2.75) is 19.4 Å². The molecule has 3 aromatic rings. The number of benzene rings is 1. The van der Waals surface area contributed by atoms with Crippen LogP contribution in [0.3, 0.4) is 0 Å². The van der Waals surface area contributed by atoms with Gasteiger partial charge >= 0.3 is 0 Å². The molecule has 114 valence electrons. The van der Waals surface area contributed by atoms with Crippen LogP contribution >= 0.6 is 11.3 Å². The number of fused-ring (bicyclic) bond motifs is 1. The lowest BCUT2D eigenvalue weighted by Crippen LogP contribution is -2.28. The highest BCUT2D eigenvalue weighted by Gasteiger charge is 2.14. The van der Waals surface area contributed by atoms with E-state index in [1.807, 2.05) is 37.3 Å². The lowest BCUT2D eigenvalue weighted by atomic mass is 10.2. The van der Waals surface area contributed by atoms with E-state index in [1.165, 1.54) is 17.5 Å². The van der Waals surface area contributed by atoms with E-state index in [2.05, 4.69) is 15.3 Å². The van der Waals surface area contributed by atoms with Crippen LogP contribution in [-0.2, 0) is 6.42 Å². The number of thiophene rings is 1. The molecule has 6 heteroatoms. The van der Waals surface area contributed by atoms with Crippen LogP contribution in [0.4, 0.5) is 0 Å². The second-order valence-electron chi connectivity index (χ2n) is 5.01. The minimum absolute atomic E-state index is 0.173. The summed E-state index contributed by atoms with van der Waals surface area (Å²) in [6.45, 7) is 2.14. The molecule has 0 saturated heterocycles. The number of amides is 1. The van der Waals surface area contributed by atoms with Gasteiger partial charge in [-0.2, -0.15) is 0 Å². The number of rotatable bonds is 5. The van der Waals surface area contributed by atoms with Gasteiger partial charge in [0.25, 0.3) is 5.91 Å². The van der Waals surface area contributed by atoms with E-state index in [0.717, 1.165) is 27.2 Å². The van der Waals surface area contributed by atoms with Gasteiger partial charge in [0.15, 0.2) is 0 Å². The normalized spacial score (nSPS) is 12.5. The molecule has 5 nitrogen and oxygen atoms in total. The van der Waals surface area contributed by atoms with E-state index in [1.54, 1.807) is 0 Å². The van der Waals surface area contributed by atoms with Gasteiger partial charge in [0.2, 0.25) is 0 Å². The smallest absolute Gasteiger partial charge is 0.269 e. The summed E-state index contributed by atoms with van der Waals surface area (Å²) in [6, 6.07) is 9.93. The van der Waals surface area contributed by atoms with E-state index in [9.17, 15) is 9.90 Å². The fourth-order valence-corrected chi connectivity index (χ4v) is 3.26. The molecule has 0 spiro atoms. The SMILES string of the molecule is CCc1ncc(C(=O)NCC(O)c2cc3ccccc3s2)[nH]1. The maximum atomic E-state index is 12.0. The monoisotopic (exact) mass is 315 g/mol. The van der Waals surface area contributed by atoms with Gasteiger partial charge in [0.05, 0.1) is 6.20 Å². The number of nitrogens with zero attached hydrogens (tertiary/aromatic N) is 1. The topological polar surface area (TPSA) is 78.0 Å². The van der Waals surface area contributed by atoms with Gasteiger partial charge in [-0.25, -0.2) is 4.98 Å². The number of hydrogen-bond acceptors (Lipinski definition) is 4. The predicted octanol–water partition coefficient (Wildman–Crippen LogP) is 2.65.